The highest BCUT2D eigenvalue weighted by Crippen LogP contribution is 2.27. The average Bonchev–Trinajstić information content (AvgIpc) is 3.76. The van der Waals surface area contributed by atoms with Gasteiger partial charge in [-0.05, 0) is 79.6 Å². The van der Waals surface area contributed by atoms with Crippen LogP contribution in [0.3, 0.4) is 0 Å². The van der Waals surface area contributed by atoms with Crippen LogP contribution in [0.1, 0.15) is 51.5 Å². The van der Waals surface area contributed by atoms with Gasteiger partial charge in [-0.25, -0.2) is 4.68 Å². The highest BCUT2D eigenvalue weighted by molar-refractivity contribution is 7.15. The molecular formula is C35H35N5O3S. The smallest absolute Gasteiger partial charge is 0.291 e. The van der Waals surface area contributed by atoms with Gasteiger partial charge in [-0.15, -0.1) is 5.10 Å². The molecule has 0 saturated carbocycles. The maximum Gasteiger partial charge on any atom is 0.291 e. The van der Waals surface area contributed by atoms with Crippen molar-refractivity contribution < 1.29 is 9.47 Å². The number of rotatable bonds is 13. The first-order valence-corrected chi connectivity index (χ1v) is 16.0. The van der Waals surface area contributed by atoms with Crippen LogP contribution in [0.4, 0.5) is 0 Å². The lowest BCUT2D eigenvalue weighted by atomic mass is 10.1. The summed E-state index contributed by atoms with van der Waals surface area (Å²) in [7, 11) is 0. The largest absolute Gasteiger partial charge is 0.494 e. The second kappa shape index (κ2) is 13.7. The fourth-order valence-electron chi connectivity index (χ4n) is 4.88. The van der Waals surface area contributed by atoms with E-state index in [0.717, 1.165) is 52.4 Å². The number of ether oxygens (including phenoxy) is 2. The molecule has 0 aliphatic carbocycles. The highest BCUT2D eigenvalue weighted by Gasteiger charge is 2.15. The number of thiazole rings is 1. The Kier molecular flexibility index (Phi) is 9.12. The van der Waals surface area contributed by atoms with Crippen molar-refractivity contribution in [2.24, 2.45) is 0 Å². The van der Waals surface area contributed by atoms with E-state index in [1.807, 2.05) is 95.8 Å². The Balaban J connectivity index is 1.31. The van der Waals surface area contributed by atoms with E-state index >= 15 is 0 Å². The molecule has 0 unspecified atom stereocenters. The van der Waals surface area contributed by atoms with Crippen molar-refractivity contribution >= 4 is 22.4 Å². The molecule has 3 heterocycles. The minimum atomic E-state index is -0.211. The molecule has 0 aliphatic rings. The molecule has 0 N–H and O–H groups in total. The summed E-state index contributed by atoms with van der Waals surface area (Å²) in [5.74, 6) is 2.14. The van der Waals surface area contributed by atoms with Crippen LogP contribution in [0.15, 0.2) is 89.9 Å². The Morgan fingerprint density at radius 2 is 1.48 bits per heavy atom. The van der Waals surface area contributed by atoms with E-state index in [1.54, 1.807) is 0 Å². The van der Waals surface area contributed by atoms with Gasteiger partial charge in [0.05, 0.1) is 23.4 Å². The van der Waals surface area contributed by atoms with E-state index in [9.17, 15) is 4.79 Å². The van der Waals surface area contributed by atoms with Crippen molar-refractivity contribution in [3.8, 4) is 39.8 Å². The van der Waals surface area contributed by atoms with Crippen molar-refractivity contribution in [3.63, 3.8) is 0 Å². The normalized spacial score (nSPS) is 11.8. The number of aromatic nitrogens is 5. The molecule has 9 heteroatoms. The minimum Gasteiger partial charge on any atom is -0.494 e. The van der Waals surface area contributed by atoms with Gasteiger partial charge in [0.2, 0.25) is 4.96 Å². The average molecular weight is 606 g/mol. The zero-order valence-corrected chi connectivity index (χ0v) is 25.8. The summed E-state index contributed by atoms with van der Waals surface area (Å²) >= 11 is 1.31. The fourth-order valence-corrected chi connectivity index (χ4v) is 5.77. The Labute approximate surface area is 260 Å². The number of fused-ring (bicyclic) bond motifs is 1. The summed E-state index contributed by atoms with van der Waals surface area (Å²) < 4.78 is 15.4. The Morgan fingerprint density at radius 3 is 2.16 bits per heavy atom. The second-order valence-corrected chi connectivity index (χ2v) is 11.6. The van der Waals surface area contributed by atoms with Gasteiger partial charge in [-0.2, -0.15) is 14.6 Å². The Bertz CT molecular complexity index is 1930. The van der Waals surface area contributed by atoms with Crippen LogP contribution in [0, 0.1) is 0 Å². The molecule has 0 amide bonds. The van der Waals surface area contributed by atoms with Crippen molar-refractivity contribution in [2.75, 3.05) is 13.2 Å². The third-order valence-electron chi connectivity index (χ3n) is 7.21. The number of hydrogen-bond donors (Lipinski definition) is 0. The van der Waals surface area contributed by atoms with Crippen molar-refractivity contribution in [1.82, 2.24) is 24.4 Å². The number of benzene rings is 3. The van der Waals surface area contributed by atoms with Gasteiger partial charge in [0.25, 0.3) is 5.56 Å². The van der Waals surface area contributed by atoms with Gasteiger partial charge in [-0.3, -0.25) is 4.79 Å². The number of hydrogen-bond acceptors (Lipinski definition) is 7. The third kappa shape index (κ3) is 6.58. The quantitative estimate of drug-likeness (QED) is 0.132. The summed E-state index contributed by atoms with van der Waals surface area (Å²) in [6.45, 7) is 5.66. The van der Waals surface area contributed by atoms with Gasteiger partial charge in [0.1, 0.15) is 17.2 Å². The molecule has 44 heavy (non-hydrogen) atoms. The predicted molar refractivity (Wildman–Crippen MR) is 176 cm³/mol. The number of nitrogens with zero attached hydrogens (tertiary/aromatic N) is 5. The van der Waals surface area contributed by atoms with Crippen LogP contribution < -0.4 is 19.6 Å². The third-order valence-corrected chi connectivity index (χ3v) is 8.17. The summed E-state index contributed by atoms with van der Waals surface area (Å²) in [6, 6.07) is 25.5. The van der Waals surface area contributed by atoms with Crippen LogP contribution in [-0.4, -0.2) is 37.6 Å². The highest BCUT2D eigenvalue weighted by atomic mass is 32.1. The predicted octanol–water partition coefficient (Wildman–Crippen LogP) is 6.97. The fraction of sp³-hybridized carbons (Fsp3) is 0.257. The Morgan fingerprint density at radius 1 is 0.773 bits per heavy atom. The molecule has 0 radical (unpaired) electrons. The van der Waals surface area contributed by atoms with Gasteiger partial charge in [0, 0.05) is 22.9 Å². The zero-order chi connectivity index (χ0) is 30.3. The van der Waals surface area contributed by atoms with Crippen LogP contribution in [-0.2, 0) is 0 Å². The monoisotopic (exact) mass is 605 g/mol. The number of unbranched alkanes of at least 4 members (excludes halogenated alkanes) is 3. The van der Waals surface area contributed by atoms with Crippen LogP contribution >= 0.6 is 11.3 Å². The summed E-state index contributed by atoms with van der Waals surface area (Å²) in [5, 5.41) is 9.45. The first-order valence-electron chi connectivity index (χ1n) is 15.2. The van der Waals surface area contributed by atoms with Gasteiger partial charge in [0.15, 0.2) is 5.82 Å². The molecule has 6 aromatic rings. The first kappa shape index (κ1) is 29.3. The van der Waals surface area contributed by atoms with E-state index in [2.05, 4.69) is 23.9 Å². The molecule has 0 bridgehead atoms. The Hall–Kier alpha value is -4.76. The van der Waals surface area contributed by atoms with E-state index in [1.165, 1.54) is 35.1 Å². The molecule has 3 aromatic heterocycles. The van der Waals surface area contributed by atoms with Gasteiger partial charge >= 0.3 is 0 Å². The van der Waals surface area contributed by atoms with E-state index in [0.29, 0.717) is 28.5 Å². The standard InChI is InChI=1S/C35H35N5O3S/c1-3-5-6-10-22-43-30-17-13-25(14-18-30)32-27(24-39(37-32)28-11-8-7-9-12-28)23-31-34(41)40-35(44-31)36-33(38-40)26-15-19-29(20-16-26)42-21-4-2/h7-9,11-20,23-24H,3-6,10,21-22H2,1-2H3/b31-23-. The molecule has 6 rings (SSSR count). The number of para-hydroxylation sites is 1. The molecule has 8 nitrogen and oxygen atoms in total. The summed E-state index contributed by atoms with van der Waals surface area (Å²) in [6.07, 6.45) is 9.44. The van der Waals surface area contributed by atoms with Crippen molar-refractivity contribution in [1.29, 1.82) is 0 Å². The van der Waals surface area contributed by atoms with Gasteiger partial charge in [-0.1, -0.05) is 62.6 Å². The molecule has 0 saturated heterocycles. The van der Waals surface area contributed by atoms with E-state index in [4.69, 9.17) is 14.6 Å². The van der Waals surface area contributed by atoms with Crippen LogP contribution in [0.5, 0.6) is 11.5 Å². The lowest BCUT2D eigenvalue weighted by Gasteiger charge is -2.07. The summed E-state index contributed by atoms with van der Waals surface area (Å²) in [4.78, 5) is 18.7. The molecule has 0 aliphatic heterocycles. The van der Waals surface area contributed by atoms with Crippen LogP contribution in [0.25, 0.3) is 39.4 Å². The van der Waals surface area contributed by atoms with E-state index in [-0.39, 0.29) is 5.56 Å². The summed E-state index contributed by atoms with van der Waals surface area (Å²) in [5.41, 5.74) is 4.08. The first-order chi connectivity index (χ1) is 21.6. The topological polar surface area (TPSA) is 83.5 Å². The lowest BCUT2D eigenvalue weighted by molar-refractivity contribution is 0.305. The zero-order valence-electron chi connectivity index (χ0n) is 25.0. The van der Waals surface area contributed by atoms with E-state index < -0.39 is 0 Å². The van der Waals surface area contributed by atoms with Gasteiger partial charge < -0.3 is 9.47 Å². The molecule has 3 aromatic carbocycles. The minimum absolute atomic E-state index is 0.211. The lowest BCUT2D eigenvalue weighted by Crippen LogP contribution is -2.23. The van der Waals surface area contributed by atoms with Crippen LogP contribution in [0.2, 0.25) is 0 Å². The molecule has 0 atom stereocenters. The maximum absolute atomic E-state index is 13.5. The molecule has 0 spiro atoms. The van der Waals surface area contributed by atoms with Crippen molar-refractivity contribution in [3.05, 3.63) is 106 Å². The maximum atomic E-state index is 13.5. The molecule has 224 valence electrons. The van der Waals surface area contributed by atoms with Crippen molar-refractivity contribution in [2.45, 2.75) is 46.0 Å². The second-order valence-electron chi connectivity index (χ2n) is 10.6. The molecule has 0 fully saturated rings. The molecular weight excluding hydrogens is 570 g/mol. The SMILES string of the molecule is CCCCCCOc1ccc(-c2nn(-c3ccccc3)cc2/C=c2\sc3nc(-c4ccc(OCCC)cc4)nn3c2=O)cc1.